The van der Waals surface area contributed by atoms with Crippen molar-refractivity contribution in [3.05, 3.63) is 70.9 Å². The maximum absolute atomic E-state index is 12.9. The first kappa shape index (κ1) is 23.6. The Hall–Kier alpha value is -3.56. The van der Waals surface area contributed by atoms with Crippen LogP contribution in [-0.4, -0.2) is 28.3 Å². The van der Waals surface area contributed by atoms with Gasteiger partial charge in [-0.2, -0.15) is 10.4 Å². The molecule has 0 atom stereocenters. The summed E-state index contributed by atoms with van der Waals surface area (Å²) in [5.41, 5.74) is 2.95. The second-order valence-electron chi connectivity index (χ2n) is 8.27. The van der Waals surface area contributed by atoms with Crippen molar-refractivity contribution in [3.8, 4) is 28.8 Å². The van der Waals surface area contributed by atoms with Gasteiger partial charge in [0.1, 0.15) is 23.1 Å². The molecule has 0 spiro atoms. The van der Waals surface area contributed by atoms with Gasteiger partial charge in [0.15, 0.2) is 0 Å². The molecule has 34 heavy (non-hydrogen) atoms. The molecular formula is C27H27ClN4O2. The van der Waals surface area contributed by atoms with Crippen LogP contribution >= 0.6 is 11.6 Å². The lowest BCUT2D eigenvalue weighted by atomic mass is 9.95. The lowest BCUT2D eigenvalue weighted by Gasteiger charge is -2.22. The molecule has 1 saturated carbocycles. The van der Waals surface area contributed by atoms with Crippen LogP contribution in [0.3, 0.4) is 0 Å². The molecule has 1 fully saturated rings. The van der Waals surface area contributed by atoms with E-state index < -0.39 is 0 Å². The number of aromatic nitrogens is 2. The molecule has 0 aliphatic heterocycles. The van der Waals surface area contributed by atoms with Gasteiger partial charge >= 0.3 is 0 Å². The van der Waals surface area contributed by atoms with E-state index in [4.69, 9.17) is 21.4 Å². The minimum absolute atomic E-state index is 0.0523. The standard InChI is InChI=1S/C27H27ClN4O2/c1-2-34-25-14-13-19(16-24(25)28)26-21(18-32(31-26)23-11-7-4-8-12-23)15-20(17-29)27(33)30-22-9-5-3-6-10-22/h4,7-8,11-16,18,22H,2-3,5-6,9-10H2,1H3,(H,30,33). The van der Waals surface area contributed by atoms with Crippen molar-refractivity contribution < 1.29 is 9.53 Å². The lowest BCUT2D eigenvalue weighted by Crippen LogP contribution is -2.36. The third-order valence-electron chi connectivity index (χ3n) is 5.87. The zero-order valence-corrected chi connectivity index (χ0v) is 19.9. The lowest BCUT2D eigenvalue weighted by molar-refractivity contribution is -0.117. The number of nitrogens with one attached hydrogen (secondary N) is 1. The zero-order chi connectivity index (χ0) is 23.9. The fourth-order valence-electron chi connectivity index (χ4n) is 4.17. The van der Waals surface area contributed by atoms with Crippen LogP contribution < -0.4 is 10.1 Å². The largest absolute Gasteiger partial charge is 0.492 e. The number of para-hydroxylation sites is 1. The van der Waals surface area contributed by atoms with Gasteiger partial charge in [-0.05, 0) is 56.2 Å². The summed E-state index contributed by atoms with van der Waals surface area (Å²) in [7, 11) is 0. The van der Waals surface area contributed by atoms with E-state index in [9.17, 15) is 10.1 Å². The highest BCUT2D eigenvalue weighted by molar-refractivity contribution is 6.32. The summed E-state index contributed by atoms with van der Waals surface area (Å²) >= 11 is 6.43. The Labute approximate surface area is 204 Å². The average Bonchev–Trinajstić information content (AvgIpc) is 3.29. The van der Waals surface area contributed by atoms with E-state index in [-0.39, 0.29) is 17.5 Å². The molecule has 0 radical (unpaired) electrons. The van der Waals surface area contributed by atoms with Crippen LogP contribution in [0.1, 0.15) is 44.6 Å². The number of benzene rings is 2. The predicted molar refractivity (Wildman–Crippen MR) is 134 cm³/mol. The molecule has 1 N–H and O–H groups in total. The highest BCUT2D eigenvalue weighted by Crippen LogP contribution is 2.32. The summed E-state index contributed by atoms with van der Waals surface area (Å²) in [6.07, 6.45) is 8.72. The highest BCUT2D eigenvalue weighted by atomic mass is 35.5. The minimum Gasteiger partial charge on any atom is -0.492 e. The van der Waals surface area contributed by atoms with Crippen LogP contribution in [0.4, 0.5) is 0 Å². The zero-order valence-electron chi connectivity index (χ0n) is 19.1. The molecule has 0 unspecified atom stereocenters. The summed E-state index contributed by atoms with van der Waals surface area (Å²) in [5, 5.41) is 18.0. The van der Waals surface area contributed by atoms with Gasteiger partial charge in [-0.3, -0.25) is 4.79 Å². The molecule has 1 aromatic heterocycles. The molecule has 1 aliphatic carbocycles. The Bertz CT molecular complexity index is 1220. The van der Waals surface area contributed by atoms with E-state index in [1.54, 1.807) is 22.9 Å². The first-order chi connectivity index (χ1) is 16.6. The maximum Gasteiger partial charge on any atom is 0.262 e. The molecule has 174 valence electrons. The highest BCUT2D eigenvalue weighted by Gasteiger charge is 2.20. The number of amides is 1. The van der Waals surface area contributed by atoms with Gasteiger partial charge in [0, 0.05) is 23.4 Å². The molecule has 3 aromatic rings. The van der Waals surface area contributed by atoms with E-state index in [1.807, 2.05) is 49.5 Å². The van der Waals surface area contributed by atoms with Crippen molar-refractivity contribution in [2.45, 2.75) is 45.1 Å². The van der Waals surface area contributed by atoms with Crippen LogP contribution in [-0.2, 0) is 4.79 Å². The summed E-state index contributed by atoms with van der Waals surface area (Å²) in [6, 6.07) is 17.3. The molecule has 1 heterocycles. The van der Waals surface area contributed by atoms with Crippen LogP contribution in [0.2, 0.25) is 5.02 Å². The van der Waals surface area contributed by atoms with Crippen LogP contribution in [0.15, 0.2) is 60.3 Å². The second-order valence-corrected chi connectivity index (χ2v) is 8.68. The molecule has 4 rings (SSSR count). The fourth-order valence-corrected chi connectivity index (χ4v) is 4.40. The van der Waals surface area contributed by atoms with Crippen molar-refractivity contribution in [2.75, 3.05) is 6.61 Å². The normalized spacial score (nSPS) is 14.4. The summed E-state index contributed by atoms with van der Waals surface area (Å²) in [4.78, 5) is 12.9. The molecule has 1 amide bonds. The second kappa shape index (κ2) is 11.0. The Morgan fingerprint density at radius 1 is 1.24 bits per heavy atom. The third-order valence-corrected chi connectivity index (χ3v) is 6.17. The molecule has 6 nitrogen and oxygen atoms in total. The SMILES string of the molecule is CCOc1ccc(-c2nn(-c3ccccc3)cc2C=C(C#N)C(=O)NC2CCCCC2)cc1Cl. The Kier molecular flexibility index (Phi) is 7.66. The smallest absolute Gasteiger partial charge is 0.262 e. The Balaban J connectivity index is 1.72. The fraction of sp³-hybridized carbons (Fsp3) is 0.296. The first-order valence-electron chi connectivity index (χ1n) is 11.6. The summed E-state index contributed by atoms with van der Waals surface area (Å²) in [6.45, 7) is 2.41. The van der Waals surface area contributed by atoms with E-state index >= 15 is 0 Å². The van der Waals surface area contributed by atoms with Crippen molar-refractivity contribution in [1.82, 2.24) is 15.1 Å². The summed E-state index contributed by atoms with van der Waals surface area (Å²) in [5.74, 6) is 0.245. The maximum atomic E-state index is 12.9. The van der Waals surface area contributed by atoms with Crippen molar-refractivity contribution in [2.24, 2.45) is 0 Å². The quantitative estimate of drug-likeness (QED) is 0.339. The Morgan fingerprint density at radius 3 is 2.68 bits per heavy atom. The predicted octanol–water partition coefficient (Wildman–Crippen LogP) is 5.95. The number of halogens is 1. The molecule has 2 aromatic carbocycles. The molecule has 0 saturated heterocycles. The van der Waals surface area contributed by atoms with E-state index in [0.717, 1.165) is 36.9 Å². The monoisotopic (exact) mass is 474 g/mol. The van der Waals surface area contributed by atoms with E-state index in [0.29, 0.717) is 28.6 Å². The number of carbonyl (C=O) groups is 1. The van der Waals surface area contributed by atoms with Crippen LogP contribution in [0.5, 0.6) is 5.75 Å². The number of hydrogen-bond acceptors (Lipinski definition) is 4. The van der Waals surface area contributed by atoms with Crippen LogP contribution in [0.25, 0.3) is 23.0 Å². The third kappa shape index (κ3) is 5.49. The Morgan fingerprint density at radius 2 is 2.00 bits per heavy atom. The van der Waals surface area contributed by atoms with Crippen molar-refractivity contribution >= 4 is 23.6 Å². The number of nitriles is 1. The van der Waals surface area contributed by atoms with Gasteiger partial charge in [0.05, 0.1) is 17.3 Å². The van der Waals surface area contributed by atoms with Gasteiger partial charge in [0.2, 0.25) is 0 Å². The van der Waals surface area contributed by atoms with Crippen LogP contribution in [0, 0.1) is 11.3 Å². The topological polar surface area (TPSA) is 79.9 Å². The number of carbonyl (C=O) groups excluding carboxylic acids is 1. The molecular weight excluding hydrogens is 448 g/mol. The van der Waals surface area contributed by atoms with Gasteiger partial charge in [-0.15, -0.1) is 0 Å². The number of hydrogen-bond donors (Lipinski definition) is 1. The van der Waals surface area contributed by atoms with E-state index in [2.05, 4.69) is 11.4 Å². The van der Waals surface area contributed by atoms with Crippen molar-refractivity contribution in [1.29, 1.82) is 5.26 Å². The number of rotatable bonds is 7. The molecule has 7 heteroatoms. The van der Waals surface area contributed by atoms with Gasteiger partial charge in [-0.25, -0.2) is 4.68 Å². The number of ether oxygens (including phenoxy) is 1. The average molecular weight is 475 g/mol. The van der Waals surface area contributed by atoms with Gasteiger partial charge in [0.25, 0.3) is 5.91 Å². The first-order valence-corrected chi connectivity index (χ1v) is 12.0. The number of nitrogens with zero attached hydrogens (tertiary/aromatic N) is 3. The molecule has 0 bridgehead atoms. The minimum atomic E-state index is -0.350. The molecule has 1 aliphatic rings. The summed E-state index contributed by atoms with van der Waals surface area (Å²) < 4.78 is 7.29. The van der Waals surface area contributed by atoms with Gasteiger partial charge in [-0.1, -0.05) is 49.1 Å². The van der Waals surface area contributed by atoms with E-state index in [1.165, 1.54) is 6.42 Å². The van der Waals surface area contributed by atoms with Crippen molar-refractivity contribution in [3.63, 3.8) is 0 Å². The van der Waals surface area contributed by atoms with Gasteiger partial charge < -0.3 is 10.1 Å².